The standard InChI is InChI=1S/C12H11BrN4/c1-16-6-14-9-5-8(3-4-10(9)16)11-12(13)17(2)7-15-11/h3-7H,1-2H3. The molecule has 0 saturated heterocycles. The van der Waals surface area contributed by atoms with Gasteiger partial charge in [-0.05, 0) is 28.1 Å². The summed E-state index contributed by atoms with van der Waals surface area (Å²) in [6.45, 7) is 0. The van der Waals surface area contributed by atoms with Gasteiger partial charge in [-0.1, -0.05) is 6.07 Å². The second kappa shape index (κ2) is 3.70. The molecule has 0 amide bonds. The van der Waals surface area contributed by atoms with Gasteiger partial charge in [0.2, 0.25) is 0 Å². The first-order valence-electron chi connectivity index (χ1n) is 5.25. The van der Waals surface area contributed by atoms with Crippen LogP contribution in [0.2, 0.25) is 0 Å². The first-order chi connectivity index (χ1) is 8.16. The molecule has 0 bridgehead atoms. The Balaban J connectivity index is 2.21. The van der Waals surface area contributed by atoms with E-state index in [2.05, 4.69) is 44.1 Å². The van der Waals surface area contributed by atoms with E-state index in [4.69, 9.17) is 0 Å². The summed E-state index contributed by atoms with van der Waals surface area (Å²) >= 11 is 3.53. The molecule has 1 aromatic carbocycles. The Hall–Kier alpha value is -1.62. The predicted molar refractivity (Wildman–Crippen MR) is 70.6 cm³/mol. The lowest BCUT2D eigenvalue weighted by atomic mass is 10.1. The fourth-order valence-corrected chi connectivity index (χ4v) is 2.32. The van der Waals surface area contributed by atoms with E-state index in [1.807, 2.05) is 29.6 Å². The van der Waals surface area contributed by atoms with Crippen LogP contribution in [0.25, 0.3) is 22.3 Å². The van der Waals surface area contributed by atoms with Crippen LogP contribution >= 0.6 is 15.9 Å². The van der Waals surface area contributed by atoms with Crippen molar-refractivity contribution < 1.29 is 0 Å². The highest BCUT2D eigenvalue weighted by atomic mass is 79.9. The Labute approximate surface area is 107 Å². The molecule has 0 unspecified atom stereocenters. The average Bonchev–Trinajstić information content (AvgIpc) is 2.85. The van der Waals surface area contributed by atoms with Crippen molar-refractivity contribution in [2.24, 2.45) is 14.1 Å². The maximum Gasteiger partial charge on any atom is 0.112 e. The lowest BCUT2D eigenvalue weighted by Gasteiger charge is -2.00. The van der Waals surface area contributed by atoms with Gasteiger partial charge in [0.1, 0.15) is 10.3 Å². The van der Waals surface area contributed by atoms with Crippen molar-refractivity contribution in [3.63, 3.8) is 0 Å². The van der Waals surface area contributed by atoms with E-state index in [0.717, 1.165) is 26.9 Å². The summed E-state index contributed by atoms with van der Waals surface area (Å²) < 4.78 is 4.93. The van der Waals surface area contributed by atoms with Gasteiger partial charge < -0.3 is 9.13 Å². The van der Waals surface area contributed by atoms with Crippen LogP contribution in [0.3, 0.4) is 0 Å². The maximum atomic E-state index is 4.38. The normalized spacial score (nSPS) is 11.2. The molecule has 0 saturated carbocycles. The Morgan fingerprint density at radius 3 is 2.53 bits per heavy atom. The van der Waals surface area contributed by atoms with Crippen LogP contribution in [0.1, 0.15) is 0 Å². The van der Waals surface area contributed by atoms with Gasteiger partial charge in [-0.2, -0.15) is 0 Å². The molecular weight excluding hydrogens is 280 g/mol. The quantitative estimate of drug-likeness (QED) is 0.691. The predicted octanol–water partition coefficient (Wildman–Crippen LogP) is 2.74. The third kappa shape index (κ3) is 1.58. The summed E-state index contributed by atoms with van der Waals surface area (Å²) in [5.41, 5.74) is 4.13. The number of rotatable bonds is 1. The van der Waals surface area contributed by atoms with Gasteiger partial charge in [-0.3, -0.25) is 0 Å². The zero-order chi connectivity index (χ0) is 12.0. The van der Waals surface area contributed by atoms with Crippen molar-refractivity contribution in [1.29, 1.82) is 0 Å². The molecule has 0 atom stereocenters. The fraction of sp³-hybridized carbons (Fsp3) is 0.167. The topological polar surface area (TPSA) is 35.6 Å². The number of fused-ring (bicyclic) bond motifs is 1. The second-order valence-electron chi connectivity index (χ2n) is 4.05. The molecule has 86 valence electrons. The summed E-state index contributed by atoms with van der Waals surface area (Å²) in [5.74, 6) is 0. The lowest BCUT2D eigenvalue weighted by molar-refractivity contribution is 0.891. The maximum absolute atomic E-state index is 4.38. The van der Waals surface area contributed by atoms with E-state index in [-0.39, 0.29) is 0 Å². The molecule has 2 aromatic heterocycles. The van der Waals surface area contributed by atoms with Crippen LogP contribution < -0.4 is 0 Å². The Morgan fingerprint density at radius 1 is 1.06 bits per heavy atom. The highest BCUT2D eigenvalue weighted by molar-refractivity contribution is 9.10. The van der Waals surface area contributed by atoms with Gasteiger partial charge in [-0.15, -0.1) is 0 Å². The number of hydrogen-bond acceptors (Lipinski definition) is 2. The van der Waals surface area contributed by atoms with Crippen LogP contribution in [-0.4, -0.2) is 19.1 Å². The molecule has 3 rings (SSSR count). The van der Waals surface area contributed by atoms with E-state index in [1.165, 1.54) is 0 Å². The number of aryl methyl sites for hydroxylation is 2. The molecule has 0 aliphatic heterocycles. The van der Waals surface area contributed by atoms with E-state index in [9.17, 15) is 0 Å². The minimum absolute atomic E-state index is 0.944. The molecule has 3 aromatic rings. The highest BCUT2D eigenvalue weighted by Gasteiger charge is 2.10. The van der Waals surface area contributed by atoms with Crippen molar-refractivity contribution in [3.05, 3.63) is 35.5 Å². The van der Waals surface area contributed by atoms with Gasteiger partial charge in [0.25, 0.3) is 0 Å². The van der Waals surface area contributed by atoms with Gasteiger partial charge >= 0.3 is 0 Å². The molecule has 0 radical (unpaired) electrons. The van der Waals surface area contributed by atoms with Crippen molar-refractivity contribution >= 4 is 27.0 Å². The van der Waals surface area contributed by atoms with Gasteiger partial charge in [0, 0.05) is 19.7 Å². The molecule has 0 spiro atoms. The molecule has 0 aliphatic carbocycles. The molecule has 17 heavy (non-hydrogen) atoms. The summed E-state index contributed by atoms with van der Waals surface area (Å²) in [6, 6.07) is 6.19. The zero-order valence-electron chi connectivity index (χ0n) is 9.55. The van der Waals surface area contributed by atoms with Crippen molar-refractivity contribution in [2.75, 3.05) is 0 Å². The van der Waals surface area contributed by atoms with Crippen LogP contribution in [0, 0.1) is 0 Å². The fourth-order valence-electron chi connectivity index (χ4n) is 1.89. The molecule has 4 nitrogen and oxygen atoms in total. The number of hydrogen-bond donors (Lipinski definition) is 0. The van der Waals surface area contributed by atoms with E-state index in [1.54, 1.807) is 6.33 Å². The largest absolute Gasteiger partial charge is 0.334 e. The van der Waals surface area contributed by atoms with E-state index < -0.39 is 0 Å². The lowest BCUT2D eigenvalue weighted by Crippen LogP contribution is -1.86. The Bertz CT molecular complexity index is 696. The minimum atomic E-state index is 0.944. The van der Waals surface area contributed by atoms with Crippen molar-refractivity contribution in [1.82, 2.24) is 19.1 Å². The van der Waals surface area contributed by atoms with Crippen molar-refractivity contribution in [3.8, 4) is 11.3 Å². The Kier molecular flexibility index (Phi) is 2.29. The van der Waals surface area contributed by atoms with Crippen LogP contribution in [0.5, 0.6) is 0 Å². The average molecular weight is 291 g/mol. The number of nitrogens with zero attached hydrogens (tertiary/aromatic N) is 4. The number of halogens is 1. The van der Waals surface area contributed by atoms with Gasteiger partial charge in [-0.25, -0.2) is 9.97 Å². The first kappa shape index (κ1) is 10.5. The Morgan fingerprint density at radius 2 is 1.82 bits per heavy atom. The number of aromatic nitrogens is 4. The highest BCUT2D eigenvalue weighted by Crippen LogP contribution is 2.28. The molecule has 2 heterocycles. The van der Waals surface area contributed by atoms with Crippen LogP contribution in [0.4, 0.5) is 0 Å². The SMILES string of the molecule is Cn1cnc(-c2ccc3c(c2)ncn3C)c1Br. The molecule has 0 fully saturated rings. The first-order valence-corrected chi connectivity index (χ1v) is 6.04. The molecule has 0 N–H and O–H groups in total. The summed E-state index contributed by atoms with van der Waals surface area (Å²) in [4.78, 5) is 8.73. The molecule has 0 aliphatic rings. The third-order valence-electron chi connectivity index (χ3n) is 2.86. The summed E-state index contributed by atoms with van der Waals surface area (Å²) in [5, 5.41) is 0. The minimum Gasteiger partial charge on any atom is -0.334 e. The van der Waals surface area contributed by atoms with Gasteiger partial charge in [0.05, 0.1) is 23.7 Å². The molecular formula is C12H11BrN4. The smallest absolute Gasteiger partial charge is 0.112 e. The zero-order valence-corrected chi connectivity index (χ0v) is 11.1. The number of imidazole rings is 2. The molecule has 5 heteroatoms. The van der Waals surface area contributed by atoms with E-state index in [0.29, 0.717) is 0 Å². The summed E-state index contributed by atoms with van der Waals surface area (Å²) in [7, 11) is 3.95. The third-order valence-corrected chi connectivity index (χ3v) is 3.80. The van der Waals surface area contributed by atoms with Crippen LogP contribution in [0.15, 0.2) is 35.5 Å². The van der Waals surface area contributed by atoms with Crippen molar-refractivity contribution in [2.45, 2.75) is 0 Å². The summed E-state index contributed by atoms with van der Waals surface area (Å²) in [6.07, 6.45) is 3.62. The second-order valence-corrected chi connectivity index (χ2v) is 4.80. The monoisotopic (exact) mass is 290 g/mol. The van der Waals surface area contributed by atoms with E-state index >= 15 is 0 Å². The van der Waals surface area contributed by atoms with Gasteiger partial charge in [0.15, 0.2) is 0 Å². The number of benzene rings is 1. The van der Waals surface area contributed by atoms with Crippen LogP contribution in [-0.2, 0) is 14.1 Å².